The van der Waals surface area contributed by atoms with Crippen LogP contribution in [0.25, 0.3) is 0 Å². The van der Waals surface area contributed by atoms with Crippen LogP contribution in [-0.2, 0) is 13.0 Å². The van der Waals surface area contributed by atoms with Crippen LogP contribution in [0.2, 0.25) is 5.02 Å². The number of hydrogen-bond acceptors (Lipinski definition) is 3. The summed E-state index contributed by atoms with van der Waals surface area (Å²) in [4.78, 5) is 4.16. The quantitative estimate of drug-likeness (QED) is 0.922. The molecule has 5 nitrogen and oxygen atoms in total. The van der Waals surface area contributed by atoms with E-state index in [2.05, 4.69) is 14.6 Å². The van der Waals surface area contributed by atoms with Crippen LogP contribution in [0, 0.1) is 6.92 Å². The largest absolute Gasteiger partial charge is 0.386 e. The van der Waals surface area contributed by atoms with E-state index in [1.54, 1.807) is 12.5 Å². The highest BCUT2D eigenvalue weighted by molar-refractivity contribution is 6.31. The molecule has 20 heavy (non-hydrogen) atoms. The number of aliphatic hydroxyl groups excluding tert-OH is 1. The molecule has 1 atom stereocenters. The third-order valence-electron chi connectivity index (χ3n) is 3.82. The van der Waals surface area contributed by atoms with Gasteiger partial charge in [0.25, 0.3) is 0 Å². The van der Waals surface area contributed by atoms with E-state index < -0.39 is 6.10 Å². The van der Waals surface area contributed by atoms with Gasteiger partial charge in [-0.25, -0.2) is 4.98 Å². The van der Waals surface area contributed by atoms with Crippen LogP contribution in [0.1, 0.15) is 49.0 Å². The fraction of sp³-hybridized carbons (Fsp3) is 0.571. The van der Waals surface area contributed by atoms with E-state index in [1.165, 1.54) is 12.8 Å². The minimum Gasteiger partial charge on any atom is -0.386 e. The summed E-state index contributed by atoms with van der Waals surface area (Å²) >= 11 is 6.30. The second-order valence-electron chi connectivity index (χ2n) is 5.34. The SMILES string of the molecule is CCn1nc(C)c(Cl)c1CC(O)c1cncn1C1CC1. The zero-order valence-corrected chi connectivity index (χ0v) is 12.5. The van der Waals surface area contributed by atoms with Crippen molar-refractivity contribution in [2.75, 3.05) is 0 Å². The lowest BCUT2D eigenvalue weighted by molar-refractivity contribution is 0.165. The molecule has 2 aromatic rings. The lowest BCUT2D eigenvalue weighted by atomic mass is 10.1. The maximum atomic E-state index is 10.5. The first kappa shape index (κ1) is 13.6. The second-order valence-corrected chi connectivity index (χ2v) is 5.72. The number of nitrogens with zero attached hydrogens (tertiary/aromatic N) is 4. The average Bonchev–Trinajstić information content (AvgIpc) is 3.11. The van der Waals surface area contributed by atoms with Gasteiger partial charge in [0.05, 0.1) is 34.6 Å². The van der Waals surface area contributed by atoms with Crippen molar-refractivity contribution in [3.05, 3.63) is 34.6 Å². The number of aliphatic hydroxyl groups is 1. The van der Waals surface area contributed by atoms with Crippen LogP contribution in [0.15, 0.2) is 12.5 Å². The number of aryl methyl sites for hydroxylation is 2. The lowest BCUT2D eigenvalue weighted by Gasteiger charge is -2.14. The molecule has 0 bridgehead atoms. The number of rotatable bonds is 5. The van der Waals surface area contributed by atoms with Gasteiger partial charge in [0.15, 0.2) is 0 Å². The minimum absolute atomic E-state index is 0.464. The lowest BCUT2D eigenvalue weighted by Crippen LogP contribution is -2.12. The van der Waals surface area contributed by atoms with Gasteiger partial charge in [-0.05, 0) is 26.7 Å². The topological polar surface area (TPSA) is 55.9 Å². The third-order valence-corrected chi connectivity index (χ3v) is 4.31. The Balaban J connectivity index is 1.85. The van der Waals surface area contributed by atoms with Crippen LogP contribution in [0.4, 0.5) is 0 Å². The van der Waals surface area contributed by atoms with Gasteiger partial charge in [0, 0.05) is 19.0 Å². The van der Waals surface area contributed by atoms with Gasteiger partial charge in [0.1, 0.15) is 6.10 Å². The Morgan fingerprint density at radius 2 is 2.25 bits per heavy atom. The van der Waals surface area contributed by atoms with Crippen LogP contribution >= 0.6 is 11.6 Å². The van der Waals surface area contributed by atoms with Crippen LogP contribution in [0.3, 0.4) is 0 Å². The molecule has 1 aliphatic rings. The summed E-state index contributed by atoms with van der Waals surface area (Å²) in [7, 11) is 0. The summed E-state index contributed by atoms with van der Waals surface area (Å²) in [6.45, 7) is 4.66. The van der Waals surface area contributed by atoms with Gasteiger partial charge in [-0.3, -0.25) is 4.68 Å². The predicted molar refractivity (Wildman–Crippen MR) is 76.8 cm³/mol. The summed E-state index contributed by atoms with van der Waals surface area (Å²) in [5, 5.41) is 15.6. The summed E-state index contributed by atoms with van der Waals surface area (Å²) in [5.74, 6) is 0. The van der Waals surface area contributed by atoms with Crippen molar-refractivity contribution in [3.8, 4) is 0 Å². The van der Waals surface area contributed by atoms with Crippen LogP contribution in [-0.4, -0.2) is 24.4 Å². The molecule has 108 valence electrons. The Labute approximate surface area is 123 Å². The monoisotopic (exact) mass is 294 g/mol. The van der Waals surface area contributed by atoms with E-state index in [4.69, 9.17) is 11.6 Å². The van der Waals surface area contributed by atoms with E-state index in [9.17, 15) is 5.11 Å². The molecule has 0 spiro atoms. The molecule has 1 N–H and O–H groups in total. The van der Waals surface area contributed by atoms with Gasteiger partial charge < -0.3 is 9.67 Å². The van der Waals surface area contributed by atoms with Gasteiger partial charge in [-0.1, -0.05) is 11.6 Å². The molecule has 1 saturated carbocycles. The smallest absolute Gasteiger partial charge is 0.101 e. The molecule has 1 aliphatic carbocycles. The standard InChI is InChI=1S/C14H19ClN4O/c1-3-19-11(14(15)9(2)17-19)6-13(20)12-7-16-8-18(12)10-4-5-10/h7-8,10,13,20H,3-6H2,1-2H3. The highest BCUT2D eigenvalue weighted by atomic mass is 35.5. The van der Waals surface area contributed by atoms with Gasteiger partial charge in [0.2, 0.25) is 0 Å². The third kappa shape index (κ3) is 2.36. The Bertz CT molecular complexity index is 615. The summed E-state index contributed by atoms with van der Waals surface area (Å²) in [5.41, 5.74) is 2.57. The number of aromatic nitrogens is 4. The molecule has 0 saturated heterocycles. The molecular weight excluding hydrogens is 276 g/mol. The minimum atomic E-state index is -0.600. The zero-order chi connectivity index (χ0) is 14.3. The van der Waals surface area contributed by atoms with Crippen molar-refractivity contribution in [1.29, 1.82) is 0 Å². The molecule has 0 radical (unpaired) electrons. The molecule has 0 aromatic carbocycles. The van der Waals surface area contributed by atoms with Crippen molar-refractivity contribution in [1.82, 2.24) is 19.3 Å². The Morgan fingerprint density at radius 3 is 2.90 bits per heavy atom. The first-order valence-electron chi connectivity index (χ1n) is 7.03. The first-order valence-corrected chi connectivity index (χ1v) is 7.41. The van der Waals surface area contributed by atoms with Crippen LogP contribution in [0.5, 0.6) is 0 Å². The fourth-order valence-corrected chi connectivity index (χ4v) is 2.79. The molecular formula is C14H19ClN4O. The molecule has 1 fully saturated rings. The number of imidazole rings is 1. The van der Waals surface area contributed by atoms with Crippen molar-refractivity contribution in [3.63, 3.8) is 0 Å². The van der Waals surface area contributed by atoms with Crippen molar-refractivity contribution in [2.24, 2.45) is 0 Å². The van der Waals surface area contributed by atoms with Gasteiger partial charge in [-0.15, -0.1) is 0 Å². The maximum Gasteiger partial charge on any atom is 0.101 e. The van der Waals surface area contributed by atoms with Crippen molar-refractivity contribution in [2.45, 2.75) is 51.8 Å². The fourth-order valence-electron chi connectivity index (χ4n) is 2.58. The molecule has 0 amide bonds. The van der Waals surface area contributed by atoms with E-state index in [1.807, 2.05) is 18.5 Å². The highest BCUT2D eigenvalue weighted by Gasteiger charge is 2.28. The molecule has 3 rings (SSSR count). The predicted octanol–water partition coefficient (Wildman–Crippen LogP) is 2.67. The maximum absolute atomic E-state index is 10.5. The van der Waals surface area contributed by atoms with Crippen molar-refractivity contribution < 1.29 is 5.11 Å². The number of halogens is 1. The first-order chi connectivity index (χ1) is 9.61. The Kier molecular flexibility index (Phi) is 3.56. The second kappa shape index (κ2) is 5.22. The average molecular weight is 295 g/mol. The van der Waals surface area contributed by atoms with Gasteiger partial charge in [-0.2, -0.15) is 5.10 Å². The summed E-state index contributed by atoms with van der Waals surface area (Å²) < 4.78 is 3.94. The van der Waals surface area contributed by atoms with Gasteiger partial charge >= 0.3 is 0 Å². The van der Waals surface area contributed by atoms with E-state index in [-0.39, 0.29) is 0 Å². The Hall–Kier alpha value is -1.33. The normalized spacial score (nSPS) is 16.6. The van der Waals surface area contributed by atoms with Crippen molar-refractivity contribution >= 4 is 11.6 Å². The summed E-state index contributed by atoms with van der Waals surface area (Å²) in [6, 6.07) is 0.510. The van der Waals surface area contributed by atoms with Crippen LogP contribution < -0.4 is 0 Å². The molecule has 1 unspecified atom stereocenters. The molecule has 2 aromatic heterocycles. The molecule has 0 aliphatic heterocycles. The highest BCUT2D eigenvalue weighted by Crippen LogP contribution is 2.37. The molecule has 2 heterocycles. The molecule has 6 heteroatoms. The Morgan fingerprint density at radius 1 is 1.50 bits per heavy atom. The van der Waals surface area contributed by atoms with E-state index in [0.717, 1.165) is 23.6 Å². The number of hydrogen-bond donors (Lipinski definition) is 1. The summed E-state index contributed by atoms with van der Waals surface area (Å²) in [6.07, 6.45) is 5.76. The van der Waals surface area contributed by atoms with E-state index in [0.29, 0.717) is 17.5 Å². The zero-order valence-electron chi connectivity index (χ0n) is 11.8. The van der Waals surface area contributed by atoms with E-state index >= 15 is 0 Å².